The van der Waals surface area contributed by atoms with Crippen molar-refractivity contribution in [2.24, 2.45) is 5.92 Å². The Morgan fingerprint density at radius 2 is 1.90 bits per heavy atom. The lowest BCUT2D eigenvalue weighted by atomic mass is 9.86. The van der Waals surface area contributed by atoms with Gasteiger partial charge in [-0.25, -0.2) is 0 Å². The Morgan fingerprint density at radius 1 is 1.20 bits per heavy atom. The summed E-state index contributed by atoms with van der Waals surface area (Å²) >= 11 is 0. The van der Waals surface area contributed by atoms with Crippen LogP contribution in [-0.4, -0.2) is 37.1 Å². The van der Waals surface area contributed by atoms with Crippen LogP contribution >= 0.6 is 0 Å². The first-order chi connectivity index (χ1) is 9.50. The normalized spacial score (nSPS) is 22.6. The van der Waals surface area contributed by atoms with Crippen molar-refractivity contribution in [3.8, 4) is 0 Å². The van der Waals surface area contributed by atoms with E-state index in [0.717, 1.165) is 25.7 Å². The number of carbonyl (C=O) groups excluding carboxylic acids is 2. The van der Waals surface area contributed by atoms with Gasteiger partial charge < -0.3 is 15.4 Å². The zero-order valence-electron chi connectivity index (χ0n) is 12.9. The Balaban J connectivity index is 2.17. The molecule has 20 heavy (non-hydrogen) atoms. The highest BCUT2D eigenvalue weighted by Crippen LogP contribution is 2.23. The molecule has 0 bridgehead atoms. The van der Waals surface area contributed by atoms with Crippen LogP contribution in [0.1, 0.15) is 52.9 Å². The summed E-state index contributed by atoms with van der Waals surface area (Å²) in [6, 6.07) is 0.145. The summed E-state index contributed by atoms with van der Waals surface area (Å²) in [6.45, 7) is 7.14. The van der Waals surface area contributed by atoms with Gasteiger partial charge in [0.15, 0.2) is 0 Å². The first-order valence-corrected chi connectivity index (χ1v) is 7.71. The molecule has 0 unspecified atom stereocenters. The molecule has 1 aliphatic carbocycles. The minimum absolute atomic E-state index is 0.145. The summed E-state index contributed by atoms with van der Waals surface area (Å²) < 4.78 is 5.37. The van der Waals surface area contributed by atoms with E-state index in [-0.39, 0.29) is 12.1 Å². The lowest BCUT2D eigenvalue weighted by Crippen LogP contribution is -2.47. The molecule has 1 saturated carbocycles. The molecule has 0 aromatic carbocycles. The molecule has 1 aliphatic rings. The summed E-state index contributed by atoms with van der Waals surface area (Å²) in [5.41, 5.74) is 0. The molecule has 0 heterocycles. The number of carbonyl (C=O) groups is 2. The summed E-state index contributed by atoms with van der Waals surface area (Å²) in [5, 5.41) is 5.47. The van der Waals surface area contributed by atoms with Crippen LogP contribution in [0.5, 0.6) is 0 Å². The Bertz CT molecular complexity index is 318. The number of hydrogen-bond acceptors (Lipinski definition) is 3. The van der Waals surface area contributed by atoms with Crippen molar-refractivity contribution in [3.05, 3.63) is 0 Å². The topological polar surface area (TPSA) is 67.4 Å². The fourth-order valence-corrected chi connectivity index (χ4v) is 2.44. The van der Waals surface area contributed by atoms with E-state index in [9.17, 15) is 9.59 Å². The van der Waals surface area contributed by atoms with Gasteiger partial charge in [0.05, 0.1) is 6.10 Å². The fraction of sp³-hybridized carbons (Fsp3) is 0.867. The molecule has 0 aliphatic heterocycles. The molecular formula is C15H28N2O3. The van der Waals surface area contributed by atoms with Gasteiger partial charge in [-0.1, -0.05) is 19.8 Å². The van der Waals surface area contributed by atoms with Crippen LogP contribution in [0.3, 0.4) is 0 Å². The van der Waals surface area contributed by atoms with Crippen LogP contribution in [0.4, 0.5) is 0 Å². The van der Waals surface area contributed by atoms with Gasteiger partial charge in [0.2, 0.25) is 0 Å². The molecule has 2 N–H and O–H groups in total. The summed E-state index contributed by atoms with van der Waals surface area (Å²) in [7, 11) is 0. The van der Waals surface area contributed by atoms with Crippen LogP contribution < -0.4 is 10.6 Å². The maximum atomic E-state index is 11.8. The van der Waals surface area contributed by atoms with Crippen LogP contribution in [0.25, 0.3) is 0 Å². The van der Waals surface area contributed by atoms with Crippen molar-refractivity contribution in [1.82, 2.24) is 10.6 Å². The van der Waals surface area contributed by atoms with E-state index in [4.69, 9.17) is 4.74 Å². The van der Waals surface area contributed by atoms with Gasteiger partial charge in [-0.3, -0.25) is 9.59 Å². The van der Waals surface area contributed by atoms with E-state index >= 15 is 0 Å². The molecule has 2 atom stereocenters. The van der Waals surface area contributed by atoms with Crippen LogP contribution in [0.15, 0.2) is 0 Å². The van der Waals surface area contributed by atoms with Gasteiger partial charge in [0.25, 0.3) is 0 Å². The Hall–Kier alpha value is -1.10. The summed E-state index contributed by atoms with van der Waals surface area (Å²) in [5.74, 6) is -0.583. The zero-order chi connectivity index (χ0) is 15.0. The van der Waals surface area contributed by atoms with Crippen LogP contribution in [0.2, 0.25) is 0 Å². The molecule has 0 aromatic rings. The van der Waals surface area contributed by atoms with Gasteiger partial charge in [0.1, 0.15) is 0 Å². The van der Waals surface area contributed by atoms with Crippen molar-refractivity contribution in [3.63, 3.8) is 0 Å². The number of rotatable bonds is 6. The smallest absolute Gasteiger partial charge is 0.309 e. The molecule has 1 rings (SSSR count). The standard InChI is InChI=1S/C15H28N2O3/c1-11(2)20-10-6-9-16-14(18)15(19)17-13-8-5-4-7-12(13)3/h11-13H,4-10H2,1-3H3,(H,16,18)(H,17,19)/t12-,13-/m0/s1. The highest BCUT2D eigenvalue weighted by atomic mass is 16.5. The first-order valence-electron chi connectivity index (χ1n) is 7.71. The molecule has 0 spiro atoms. The second kappa shape index (κ2) is 8.95. The average molecular weight is 284 g/mol. The molecule has 0 saturated heterocycles. The molecule has 1 fully saturated rings. The largest absolute Gasteiger partial charge is 0.379 e. The van der Waals surface area contributed by atoms with Crippen molar-refractivity contribution >= 4 is 11.8 Å². The maximum Gasteiger partial charge on any atom is 0.309 e. The molecule has 2 amide bonds. The van der Waals surface area contributed by atoms with E-state index in [1.165, 1.54) is 6.42 Å². The zero-order valence-corrected chi connectivity index (χ0v) is 12.9. The number of ether oxygens (including phenoxy) is 1. The SMILES string of the molecule is CC(C)OCCCNC(=O)C(=O)N[C@H]1CCCC[C@@H]1C. The third kappa shape index (κ3) is 6.37. The molecule has 5 heteroatoms. The second-order valence-electron chi connectivity index (χ2n) is 5.87. The van der Waals surface area contributed by atoms with Gasteiger partial charge >= 0.3 is 11.8 Å². The quantitative estimate of drug-likeness (QED) is 0.575. The number of amides is 2. The highest BCUT2D eigenvalue weighted by molar-refractivity contribution is 6.35. The van der Waals surface area contributed by atoms with Crippen LogP contribution in [-0.2, 0) is 14.3 Å². The van der Waals surface area contributed by atoms with Gasteiger partial charge in [0, 0.05) is 19.2 Å². The summed E-state index contributed by atoms with van der Waals surface area (Å²) in [4.78, 5) is 23.4. The Labute approximate surface area is 121 Å². The fourth-order valence-electron chi connectivity index (χ4n) is 2.44. The van der Waals surface area contributed by atoms with E-state index in [1.54, 1.807) is 0 Å². The average Bonchev–Trinajstić information content (AvgIpc) is 2.40. The molecule has 5 nitrogen and oxygen atoms in total. The molecular weight excluding hydrogens is 256 g/mol. The van der Waals surface area contributed by atoms with E-state index in [1.807, 2.05) is 13.8 Å². The predicted octanol–water partition coefficient (Wildman–Crippen LogP) is 1.61. The molecule has 0 aromatic heterocycles. The lowest BCUT2D eigenvalue weighted by Gasteiger charge is -2.29. The lowest BCUT2D eigenvalue weighted by molar-refractivity contribution is -0.140. The molecule has 0 radical (unpaired) electrons. The third-order valence-corrected chi connectivity index (χ3v) is 3.69. The van der Waals surface area contributed by atoms with Crippen LogP contribution in [0, 0.1) is 5.92 Å². The minimum Gasteiger partial charge on any atom is -0.379 e. The van der Waals surface area contributed by atoms with E-state index in [0.29, 0.717) is 19.1 Å². The van der Waals surface area contributed by atoms with Crippen molar-refractivity contribution in [2.45, 2.75) is 65.0 Å². The van der Waals surface area contributed by atoms with Gasteiger partial charge in [-0.05, 0) is 39.0 Å². The van der Waals surface area contributed by atoms with Crippen molar-refractivity contribution in [2.75, 3.05) is 13.2 Å². The van der Waals surface area contributed by atoms with Crippen molar-refractivity contribution < 1.29 is 14.3 Å². The minimum atomic E-state index is -0.535. The van der Waals surface area contributed by atoms with Gasteiger partial charge in [-0.15, -0.1) is 0 Å². The van der Waals surface area contributed by atoms with E-state index < -0.39 is 11.8 Å². The van der Waals surface area contributed by atoms with E-state index in [2.05, 4.69) is 17.6 Å². The Morgan fingerprint density at radius 3 is 2.55 bits per heavy atom. The predicted molar refractivity (Wildman–Crippen MR) is 78.3 cm³/mol. The first kappa shape index (κ1) is 17.0. The van der Waals surface area contributed by atoms with Crippen molar-refractivity contribution in [1.29, 1.82) is 0 Å². The monoisotopic (exact) mass is 284 g/mol. The number of nitrogens with one attached hydrogen (secondary N) is 2. The second-order valence-corrected chi connectivity index (χ2v) is 5.87. The Kier molecular flexibility index (Phi) is 7.59. The molecule has 116 valence electrons. The summed E-state index contributed by atoms with van der Waals surface area (Å²) in [6.07, 6.45) is 5.36. The highest BCUT2D eigenvalue weighted by Gasteiger charge is 2.25. The number of hydrogen-bond donors (Lipinski definition) is 2. The van der Waals surface area contributed by atoms with Gasteiger partial charge in [-0.2, -0.15) is 0 Å². The third-order valence-electron chi connectivity index (χ3n) is 3.69. The maximum absolute atomic E-state index is 11.8.